The summed E-state index contributed by atoms with van der Waals surface area (Å²) in [4.78, 5) is 16.5. The van der Waals surface area contributed by atoms with E-state index in [4.69, 9.17) is 5.14 Å². The number of aromatic nitrogens is 3. The lowest BCUT2D eigenvalue weighted by Crippen LogP contribution is -2.25. The van der Waals surface area contributed by atoms with Crippen molar-refractivity contribution in [2.24, 2.45) is 5.14 Å². The molecule has 124 valence electrons. The first kappa shape index (κ1) is 16.1. The minimum absolute atomic E-state index is 0.0282. The van der Waals surface area contributed by atoms with Gasteiger partial charge in [-0.2, -0.15) is 5.10 Å². The molecule has 0 unspecified atom stereocenters. The Balaban J connectivity index is 1.75. The molecule has 0 aliphatic carbocycles. The summed E-state index contributed by atoms with van der Waals surface area (Å²) < 4.78 is 23.9. The summed E-state index contributed by atoms with van der Waals surface area (Å²) in [5.74, 6) is -0.305. The number of nitrogens with one attached hydrogen (secondary N) is 1. The van der Waals surface area contributed by atoms with Gasteiger partial charge in [-0.1, -0.05) is 12.1 Å². The maximum absolute atomic E-state index is 12.4. The highest BCUT2D eigenvalue weighted by molar-refractivity contribution is 7.89. The Bertz CT molecular complexity index is 1010. The van der Waals surface area contributed by atoms with Gasteiger partial charge in [-0.3, -0.25) is 4.79 Å². The van der Waals surface area contributed by atoms with Crippen LogP contribution in [0.15, 0.2) is 47.5 Å². The van der Waals surface area contributed by atoms with Gasteiger partial charge in [0, 0.05) is 18.8 Å². The standard InChI is InChI=1S/C15H15N5O3S/c1-10-8-14-17-7-6-13(20(14)19-10)15(21)18-9-11-2-4-12(5-3-11)24(16,22)23/h2-8H,9H2,1H3,(H,18,21)(H2,16,22,23). The van der Waals surface area contributed by atoms with Crippen molar-refractivity contribution in [2.45, 2.75) is 18.4 Å². The average molecular weight is 345 g/mol. The summed E-state index contributed by atoms with van der Waals surface area (Å²) in [6, 6.07) is 9.36. The highest BCUT2D eigenvalue weighted by Gasteiger charge is 2.12. The fourth-order valence-electron chi connectivity index (χ4n) is 2.25. The van der Waals surface area contributed by atoms with Crippen LogP contribution in [-0.2, 0) is 16.6 Å². The molecule has 0 aliphatic rings. The quantitative estimate of drug-likeness (QED) is 0.718. The molecule has 1 aromatic carbocycles. The normalized spacial score (nSPS) is 11.6. The number of amides is 1. The first-order valence-corrected chi connectivity index (χ1v) is 8.60. The second kappa shape index (κ2) is 6.02. The van der Waals surface area contributed by atoms with Crippen molar-refractivity contribution in [3.05, 3.63) is 59.5 Å². The lowest BCUT2D eigenvalue weighted by molar-refractivity contribution is 0.0943. The Morgan fingerprint density at radius 2 is 1.96 bits per heavy atom. The Hall–Kier alpha value is -2.78. The molecule has 3 N–H and O–H groups in total. The molecule has 0 fully saturated rings. The van der Waals surface area contributed by atoms with Crippen molar-refractivity contribution in [1.29, 1.82) is 0 Å². The predicted octanol–water partition coefficient (Wildman–Crippen LogP) is 0.615. The molecule has 2 heterocycles. The zero-order valence-corrected chi connectivity index (χ0v) is 13.6. The minimum Gasteiger partial charge on any atom is -0.347 e. The number of benzene rings is 1. The predicted molar refractivity (Wildman–Crippen MR) is 86.7 cm³/mol. The maximum Gasteiger partial charge on any atom is 0.270 e. The topological polar surface area (TPSA) is 119 Å². The number of nitrogens with zero attached hydrogens (tertiary/aromatic N) is 3. The van der Waals surface area contributed by atoms with Crippen LogP contribution < -0.4 is 10.5 Å². The highest BCUT2D eigenvalue weighted by atomic mass is 32.2. The molecule has 0 saturated carbocycles. The van der Waals surface area contributed by atoms with Gasteiger partial charge in [0.15, 0.2) is 5.65 Å². The third-order valence-corrected chi connectivity index (χ3v) is 4.35. The molecule has 1 amide bonds. The summed E-state index contributed by atoms with van der Waals surface area (Å²) in [5.41, 5.74) is 2.48. The molecular weight excluding hydrogens is 330 g/mol. The molecule has 0 aliphatic heterocycles. The molecule has 2 aromatic heterocycles. The van der Waals surface area contributed by atoms with Gasteiger partial charge in [-0.15, -0.1) is 0 Å². The second-order valence-corrected chi connectivity index (χ2v) is 6.82. The van der Waals surface area contributed by atoms with Crippen molar-refractivity contribution >= 4 is 21.6 Å². The van der Waals surface area contributed by atoms with E-state index in [0.717, 1.165) is 11.3 Å². The summed E-state index contributed by atoms with van der Waals surface area (Å²) in [6.45, 7) is 2.07. The highest BCUT2D eigenvalue weighted by Crippen LogP contribution is 2.10. The maximum atomic E-state index is 12.4. The van der Waals surface area contributed by atoms with Gasteiger partial charge in [-0.25, -0.2) is 23.1 Å². The van der Waals surface area contributed by atoms with Crippen LogP contribution in [0.1, 0.15) is 21.7 Å². The number of hydrogen-bond donors (Lipinski definition) is 2. The lowest BCUT2D eigenvalue weighted by Gasteiger charge is -2.07. The Labute approximate surface area is 138 Å². The van der Waals surface area contributed by atoms with Crippen LogP contribution in [0.4, 0.5) is 0 Å². The van der Waals surface area contributed by atoms with Crippen molar-refractivity contribution < 1.29 is 13.2 Å². The first-order chi connectivity index (χ1) is 11.3. The summed E-state index contributed by atoms with van der Waals surface area (Å²) in [7, 11) is -3.72. The fraction of sp³-hybridized carbons (Fsp3) is 0.133. The summed E-state index contributed by atoms with van der Waals surface area (Å²) >= 11 is 0. The number of aryl methyl sites for hydroxylation is 1. The van der Waals surface area contributed by atoms with Gasteiger partial charge in [0.05, 0.1) is 10.6 Å². The molecule has 0 spiro atoms. The van der Waals surface area contributed by atoms with Crippen molar-refractivity contribution in [3.63, 3.8) is 0 Å². The SMILES string of the molecule is Cc1cc2nccc(C(=O)NCc3ccc(S(N)(=O)=O)cc3)n2n1. The van der Waals surface area contributed by atoms with E-state index < -0.39 is 10.0 Å². The zero-order valence-electron chi connectivity index (χ0n) is 12.8. The van der Waals surface area contributed by atoms with Gasteiger partial charge in [0.25, 0.3) is 5.91 Å². The van der Waals surface area contributed by atoms with E-state index in [1.54, 1.807) is 30.5 Å². The van der Waals surface area contributed by atoms with Crippen molar-refractivity contribution in [3.8, 4) is 0 Å². The zero-order chi connectivity index (χ0) is 17.3. The van der Waals surface area contributed by atoms with E-state index in [-0.39, 0.29) is 17.3 Å². The molecule has 24 heavy (non-hydrogen) atoms. The summed E-state index contributed by atoms with van der Waals surface area (Å²) in [5, 5.41) is 12.1. The summed E-state index contributed by atoms with van der Waals surface area (Å²) in [6.07, 6.45) is 1.55. The van der Waals surface area contributed by atoms with Crippen LogP contribution in [0.25, 0.3) is 5.65 Å². The number of sulfonamides is 1. The van der Waals surface area contributed by atoms with Gasteiger partial charge < -0.3 is 5.32 Å². The van der Waals surface area contributed by atoms with E-state index in [0.29, 0.717) is 11.3 Å². The number of hydrogen-bond acceptors (Lipinski definition) is 5. The van der Waals surface area contributed by atoms with Crippen LogP contribution >= 0.6 is 0 Å². The lowest BCUT2D eigenvalue weighted by atomic mass is 10.2. The smallest absolute Gasteiger partial charge is 0.270 e. The second-order valence-electron chi connectivity index (χ2n) is 5.26. The van der Waals surface area contributed by atoms with Crippen LogP contribution in [0.2, 0.25) is 0 Å². The Morgan fingerprint density at radius 1 is 1.25 bits per heavy atom. The molecule has 0 radical (unpaired) electrons. The third-order valence-electron chi connectivity index (χ3n) is 3.42. The van der Waals surface area contributed by atoms with Crippen LogP contribution in [0, 0.1) is 6.92 Å². The van der Waals surface area contributed by atoms with E-state index in [9.17, 15) is 13.2 Å². The molecule has 9 heteroatoms. The van der Waals surface area contributed by atoms with E-state index in [1.807, 2.05) is 6.92 Å². The minimum atomic E-state index is -3.72. The molecule has 3 rings (SSSR count). The van der Waals surface area contributed by atoms with Crippen LogP contribution in [-0.4, -0.2) is 28.9 Å². The Morgan fingerprint density at radius 3 is 2.62 bits per heavy atom. The molecule has 8 nitrogen and oxygen atoms in total. The first-order valence-electron chi connectivity index (χ1n) is 7.06. The largest absolute Gasteiger partial charge is 0.347 e. The van der Waals surface area contributed by atoms with Gasteiger partial charge in [0.2, 0.25) is 10.0 Å². The molecule has 0 bridgehead atoms. The number of nitrogens with two attached hydrogens (primary N) is 1. The van der Waals surface area contributed by atoms with Crippen LogP contribution in [0.5, 0.6) is 0 Å². The average Bonchev–Trinajstić information content (AvgIpc) is 2.92. The van der Waals surface area contributed by atoms with Gasteiger partial charge in [-0.05, 0) is 30.7 Å². The molecule has 3 aromatic rings. The number of fused-ring (bicyclic) bond motifs is 1. The number of carbonyl (C=O) groups is 1. The molecule has 0 saturated heterocycles. The number of carbonyl (C=O) groups excluding carboxylic acids is 1. The fourth-order valence-corrected chi connectivity index (χ4v) is 2.77. The van der Waals surface area contributed by atoms with Gasteiger partial charge in [0.1, 0.15) is 5.69 Å². The number of primary sulfonamides is 1. The van der Waals surface area contributed by atoms with E-state index in [2.05, 4.69) is 15.4 Å². The van der Waals surface area contributed by atoms with Crippen molar-refractivity contribution in [2.75, 3.05) is 0 Å². The molecule has 0 atom stereocenters. The van der Waals surface area contributed by atoms with Gasteiger partial charge >= 0.3 is 0 Å². The number of rotatable bonds is 4. The van der Waals surface area contributed by atoms with Crippen LogP contribution in [0.3, 0.4) is 0 Å². The van der Waals surface area contributed by atoms with Crippen molar-refractivity contribution in [1.82, 2.24) is 19.9 Å². The third kappa shape index (κ3) is 3.26. The Kier molecular flexibility index (Phi) is 4.04. The monoisotopic (exact) mass is 345 g/mol. The van der Waals surface area contributed by atoms with E-state index >= 15 is 0 Å². The molecular formula is C15H15N5O3S. The van der Waals surface area contributed by atoms with E-state index in [1.165, 1.54) is 16.6 Å².